The van der Waals surface area contributed by atoms with Gasteiger partial charge < -0.3 is 5.32 Å². The zero-order valence-electron chi connectivity index (χ0n) is 13.6. The molecule has 1 N–H and O–H groups in total. The van der Waals surface area contributed by atoms with Gasteiger partial charge in [0.25, 0.3) is 0 Å². The number of rotatable bonds is 7. The van der Waals surface area contributed by atoms with Crippen LogP contribution in [0.25, 0.3) is 11.3 Å². The highest BCUT2D eigenvalue weighted by Gasteiger charge is 2.10. The fourth-order valence-electron chi connectivity index (χ4n) is 2.21. The molecule has 0 radical (unpaired) electrons. The number of hydrogen-bond donors (Lipinski definition) is 1. The normalized spacial score (nSPS) is 10.8. The predicted molar refractivity (Wildman–Crippen MR) is 99.4 cm³/mol. The first-order valence-electron chi connectivity index (χ1n) is 7.81. The molecule has 0 bridgehead atoms. The van der Waals surface area contributed by atoms with Crippen molar-refractivity contribution in [1.29, 1.82) is 0 Å². The van der Waals surface area contributed by atoms with E-state index in [2.05, 4.69) is 22.3 Å². The Hall–Kier alpha value is -2.19. The van der Waals surface area contributed by atoms with Gasteiger partial charge in [-0.1, -0.05) is 18.7 Å². The SMILES string of the molecule is CCCn1nccc1NC(=O)CSc1nc(-c2ccc(F)cc2)cs1. The number of nitrogens with one attached hydrogen (secondary N) is 1. The minimum atomic E-state index is -0.271. The van der Waals surface area contributed by atoms with Gasteiger partial charge in [0.05, 0.1) is 17.6 Å². The minimum absolute atomic E-state index is 0.0959. The second kappa shape index (κ2) is 8.26. The third-order valence-corrected chi connectivity index (χ3v) is 5.39. The largest absolute Gasteiger partial charge is 0.310 e. The van der Waals surface area contributed by atoms with Gasteiger partial charge in [-0.05, 0) is 30.7 Å². The fraction of sp³-hybridized carbons (Fsp3) is 0.235. The van der Waals surface area contributed by atoms with Gasteiger partial charge in [-0.3, -0.25) is 4.79 Å². The number of aryl methyl sites for hydroxylation is 1. The number of anilines is 1. The first-order chi connectivity index (χ1) is 12.2. The number of amides is 1. The molecule has 0 unspecified atom stereocenters. The molecule has 1 aromatic carbocycles. The van der Waals surface area contributed by atoms with Crippen molar-refractivity contribution in [3.8, 4) is 11.3 Å². The maximum atomic E-state index is 13.0. The van der Waals surface area contributed by atoms with E-state index in [1.807, 2.05) is 5.38 Å². The van der Waals surface area contributed by atoms with Crippen molar-refractivity contribution >= 4 is 34.8 Å². The Morgan fingerprint density at radius 1 is 1.32 bits per heavy atom. The molecule has 2 aromatic heterocycles. The lowest BCUT2D eigenvalue weighted by Crippen LogP contribution is -2.17. The summed E-state index contributed by atoms with van der Waals surface area (Å²) in [5.74, 6) is 0.612. The average Bonchev–Trinajstić information content (AvgIpc) is 3.24. The molecule has 0 atom stereocenters. The van der Waals surface area contributed by atoms with Crippen LogP contribution in [-0.4, -0.2) is 26.4 Å². The zero-order chi connectivity index (χ0) is 17.6. The molecule has 8 heteroatoms. The molecule has 0 fully saturated rings. The van der Waals surface area contributed by atoms with Crippen molar-refractivity contribution < 1.29 is 9.18 Å². The van der Waals surface area contributed by atoms with Crippen molar-refractivity contribution in [2.24, 2.45) is 0 Å². The van der Waals surface area contributed by atoms with Crippen molar-refractivity contribution in [2.75, 3.05) is 11.1 Å². The number of benzene rings is 1. The zero-order valence-corrected chi connectivity index (χ0v) is 15.2. The average molecular weight is 376 g/mol. The van der Waals surface area contributed by atoms with Gasteiger partial charge in [0, 0.05) is 23.6 Å². The molecule has 0 saturated carbocycles. The van der Waals surface area contributed by atoms with E-state index in [-0.39, 0.29) is 17.5 Å². The van der Waals surface area contributed by atoms with Gasteiger partial charge in [0.15, 0.2) is 4.34 Å². The second-order valence-electron chi connectivity index (χ2n) is 5.28. The summed E-state index contributed by atoms with van der Waals surface area (Å²) in [6.45, 7) is 2.83. The molecular formula is C17H17FN4OS2. The molecule has 0 aliphatic rings. The van der Waals surface area contributed by atoms with Crippen molar-refractivity contribution in [2.45, 2.75) is 24.2 Å². The van der Waals surface area contributed by atoms with E-state index in [1.54, 1.807) is 29.1 Å². The lowest BCUT2D eigenvalue weighted by molar-refractivity contribution is -0.113. The van der Waals surface area contributed by atoms with E-state index < -0.39 is 0 Å². The molecule has 25 heavy (non-hydrogen) atoms. The van der Waals surface area contributed by atoms with Crippen LogP contribution in [0.3, 0.4) is 0 Å². The summed E-state index contributed by atoms with van der Waals surface area (Å²) in [6.07, 6.45) is 2.62. The van der Waals surface area contributed by atoms with Gasteiger partial charge in [-0.2, -0.15) is 5.10 Å². The lowest BCUT2D eigenvalue weighted by Gasteiger charge is -2.07. The quantitative estimate of drug-likeness (QED) is 0.625. The topological polar surface area (TPSA) is 59.8 Å². The van der Waals surface area contributed by atoms with Crippen LogP contribution in [0.1, 0.15) is 13.3 Å². The van der Waals surface area contributed by atoms with Gasteiger partial charge >= 0.3 is 0 Å². The smallest absolute Gasteiger partial charge is 0.235 e. The minimum Gasteiger partial charge on any atom is -0.310 e. The summed E-state index contributed by atoms with van der Waals surface area (Å²) < 4.78 is 15.6. The number of nitrogens with zero attached hydrogens (tertiary/aromatic N) is 3. The number of carbonyl (C=O) groups excluding carboxylic acids is 1. The highest BCUT2D eigenvalue weighted by Crippen LogP contribution is 2.28. The lowest BCUT2D eigenvalue weighted by atomic mass is 10.2. The molecular weight excluding hydrogens is 359 g/mol. The van der Waals surface area contributed by atoms with Gasteiger partial charge in [0.1, 0.15) is 11.6 Å². The Labute approximate surface area is 153 Å². The van der Waals surface area contributed by atoms with Crippen LogP contribution in [0.2, 0.25) is 0 Å². The Morgan fingerprint density at radius 3 is 2.88 bits per heavy atom. The van der Waals surface area contributed by atoms with Crippen LogP contribution < -0.4 is 5.32 Å². The maximum absolute atomic E-state index is 13.0. The van der Waals surface area contributed by atoms with Crippen molar-refractivity contribution in [1.82, 2.24) is 14.8 Å². The fourth-order valence-corrected chi connectivity index (χ4v) is 3.85. The van der Waals surface area contributed by atoms with E-state index in [4.69, 9.17) is 0 Å². The molecule has 2 heterocycles. The van der Waals surface area contributed by atoms with Crippen molar-refractivity contribution in [3.63, 3.8) is 0 Å². The van der Waals surface area contributed by atoms with Gasteiger partial charge in [0.2, 0.25) is 5.91 Å². The van der Waals surface area contributed by atoms with E-state index in [0.717, 1.165) is 28.6 Å². The summed E-state index contributed by atoms with van der Waals surface area (Å²) in [4.78, 5) is 16.6. The first kappa shape index (κ1) is 17.6. The van der Waals surface area contributed by atoms with Crippen LogP contribution in [0.4, 0.5) is 10.2 Å². The summed E-state index contributed by atoms with van der Waals surface area (Å²) >= 11 is 2.85. The second-order valence-corrected chi connectivity index (χ2v) is 7.36. The van der Waals surface area contributed by atoms with Crippen LogP contribution in [0.5, 0.6) is 0 Å². The van der Waals surface area contributed by atoms with Gasteiger partial charge in [-0.25, -0.2) is 14.1 Å². The Kier molecular flexibility index (Phi) is 5.83. The Bertz CT molecular complexity index is 844. The molecule has 0 spiro atoms. The molecule has 3 aromatic rings. The molecule has 0 aliphatic carbocycles. The number of halogens is 1. The summed E-state index contributed by atoms with van der Waals surface area (Å²) in [7, 11) is 0. The Morgan fingerprint density at radius 2 is 2.12 bits per heavy atom. The van der Waals surface area contributed by atoms with Crippen LogP contribution in [0.15, 0.2) is 46.2 Å². The summed E-state index contributed by atoms with van der Waals surface area (Å²) in [5, 5.41) is 8.95. The van der Waals surface area contributed by atoms with E-state index in [9.17, 15) is 9.18 Å². The number of carbonyl (C=O) groups is 1. The monoisotopic (exact) mass is 376 g/mol. The highest BCUT2D eigenvalue weighted by molar-refractivity contribution is 8.01. The van der Waals surface area contributed by atoms with Crippen LogP contribution in [-0.2, 0) is 11.3 Å². The third kappa shape index (κ3) is 4.67. The van der Waals surface area contributed by atoms with E-state index in [1.165, 1.54) is 35.2 Å². The van der Waals surface area contributed by atoms with Crippen molar-refractivity contribution in [3.05, 3.63) is 47.7 Å². The maximum Gasteiger partial charge on any atom is 0.235 e. The number of thiazole rings is 1. The first-order valence-corrected chi connectivity index (χ1v) is 9.68. The van der Waals surface area contributed by atoms with Gasteiger partial charge in [-0.15, -0.1) is 11.3 Å². The third-order valence-electron chi connectivity index (χ3n) is 3.37. The molecule has 5 nitrogen and oxygen atoms in total. The van der Waals surface area contributed by atoms with E-state index in [0.29, 0.717) is 5.82 Å². The summed E-state index contributed by atoms with van der Waals surface area (Å²) in [6, 6.07) is 8.00. The van der Waals surface area contributed by atoms with Crippen LogP contribution in [0, 0.1) is 5.82 Å². The standard InChI is InChI=1S/C17H17FN4OS2/c1-2-9-22-15(7-8-19-22)21-16(23)11-25-17-20-14(10-24-17)12-3-5-13(18)6-4-12/h3-8,10H,2,9,11H2,1H3,(H,21,23). The molecule has 0 aliphatic heterocycles. The predicted octanol–water partition coefficient (Wildman–Crippen LogP) is 4.29. The summed E-state index contributed by atoms with van der Waals surface area (Å²) in [5.41, 5.74) is 1.64. The highest BCUT2D eigenvalue weighted by atomic mass is 32.2. The van der Waals surface area contributed by atoms with E-state index >= 15 is 0 Å². The van der Waals surface area contributed by atoms with Crippen LogP contribution >= 0.6 is 23.1 Å². The number of hydrogen-bond acceptors (Lipinski definition) is 5. The molecule has 3 rings (SSSR count). The number of aromatic nitrogens is 3. The molecule has 1 amide bonds. The molecule has 0 saturated heterocycles. The Balaban J connectivity index is 1.56. The number of thioether (sulfide) groups is 1. The molecule has 130 valence electrons.